The zero-order valence-corrected chi connectivity index (χ0v) is 14.8. The minimum atomic E-state index is -0.926. The van der Waals surface area contributed by atoms with E-state index in [0.29, 0.717) is 15.7 Å². The van der Waals surface area contributed by atoms with Crippen molar-refractivity contribution >= 4 is 39.5 Å². The smallest absolute Gasteiger partial charge is 0.414 e. The molecule has 0 aliphatic carbocycles. The van der Waals surface area contributed by atoms with Crippen LogP contribution in [-0.4, -0.2) is 37.6 Å². The van der Waals surface area contributed by atoms with E-state index in [4.69, 9.17) is 9.47 Å². The van der Waals surface area contributed by atoms with Gasteiger partial charge in [-0.3, -0.25) is 14.5 Å². The molecule has 0 unspecified atom stereocenters. The summed E-state index contributed by atoms with van der Waals surface area (Å²) in [4.78, 5) is 38.3. The molecule has 124 valence electrons. The highest BCUT2D eigenvalue weighted by Crippen LogP contribution is 2.32. The molecule has 1 aliphatic heterocycles. The van der Waals surface area contributed by atoms with E-state index < -0.39 is 18.0 Å². The maximum absolute atomic E-state index is 12.7. The van der Waals surface area contributed by atoms with Gasteiger partial charge in [0, 0.05) is 16.6 Å². The van der Waals surface area contributed by atoms with Crippen molar-refractivity contribution in [1.29, 1.82) is 0 Å². The molecular weight excluding hydrogens is 366 g/mol. The molecule has 0 saturated heterocycles. The lowest BCUT2D eigenvalue weighted by atomic mass is 9.95. The summed E-state index contributed by atoms with van der Waals surface area (Å²) in [7, 11) is 1.24. The molecule has 7 heteroatoms. The highest BCUT2D eigenvalue weighted by molar-refractivity contribution is 9.10. The second kappa shape index (κ2) is 7.12. The van der Waals surface area contributed by atoms with Gasteiger partial charge in [0.05, 0.1) is 18.9 Å². The summed E-state index contributed by atoms with van der Waals surface area (Å²) in [5, 5.41) is 0. The van der Waals surface area contributed by atoms with Crippen LogP contribution in [-0.2, 0) is 14.3 Å². The molecule has 0 aromatic heterocycles. The zero-order chi connectivity index (χ0) is 17.1. The van der Waals surface area contributed by atoms with Crippen LogP contribution in [0, 0.1) is 5.92 Å². The number of ketones is 1. The maximum Gasteiger partial charge on any atom is 0.414 e. The van der Waals surface area contributed by atoms with Crippen LogP contribution in [0.3, 0.4) is 0 Å². The summed E-state index contributed by atoms with van der Waals surface area (Å²) < 4.78 is 10.6. The first-order chi connectivity index (χ1) is 10.8. The number of ether oxygens (including phenoxy) is 2. The quantitative estimate of drug-likeness (QED) is 0.579. The number of halogens is 1. The summed E-state index contributed by atoms with van der Waals surface area (Å²) in [5.41, 5.74) is 0.739. The van der Waals surface area contributed by atoms with Gasteiger partial charge in [-0.25, -0.2) is 4.79 Å². The number of Topliss-reactive ketones (excluding diaryl/α,β-unsaturated/α-hetero) is 1. The van der Waals surface area contributed by atoms with Gasteiger partial charge in [-0.2, -0.15) is 0 Å². The first kappa shape index (κ1) is 17.5. The van der Waals surface area contributed by atoms with Gasteiger partial charge < -0.3 is 9.47 Å². The van der Waals surface area contributed by atoms with Crippen molar-refractivity contribution in [2.45, 2.75) is 26.4 Å². The second-order valence-corrected chi connectivity index (χ2v) is 6.39. The Balaban J connectivity index is 2.47. The average Bonchev–Trinajstić information content (AvgIpc) is 2.63. The van der Waals surface area contributed by atoms with Crippen molar-refractivity contribution in [3.63, 3.8) is 0 Å². The third kappa shape index (κ3) is 3.72. The lowest BCUT2D eigenvalue weighted by Gasteiger charge is -2.23. The Bertz CT molecular complexity index is 643. The number of amides is 1. The van der Waals surface area contributed by atoms with Gasteiger partial charge in [-0.1, -0.05) is 15.9 Å². The lowest BCUT2D eigenvalue weighted by molar-refractivity contribution is -0.143. The van der Waals surface area contributed by atoms with Crippen molar-refractivity contribution < 1.29 is 23.9 Å². The van der Waals surface area contributed by atoms with Crippen molar-refractivity contribution in [3.8, 4) is 0 Å². The Hall–Kier alpha value is -1.89. The summed E-state index contributed by atoms with van der Waals surface area (Å²) in [6, 6.07) is 5.01. The third-order valence-electron chi connectivity index (χ3n) is 3.52. The van der Waals surface area contributed by atoms with Crippen molar-refractivity contribution in [3.05, 3.63) is 28.2 Å². The normalized spacial score (nSPS) is 17.5. The Labute approximate surface area is 142 Å². The number of fused-ring (bicyclic) bond motifs is 1. The van der Waals surface area contributed by atoms with E-state index >= 15 is 0 Å². The Kier molecular flexibility index (Phi) is 5.41. The number of carbonyl (C=O) groups excluding carboxylic acids is 3. The largest absolute Gasteiger partial charge is 0.468 e. The van der Waals surface area contributed by atoms with Gasteiger partial charge in [0.2, 0.25) is 0 Å². The molecular formula is C16H18BrNO5. The molecule has 0 spiro atoms. The number of hydrogen-bond donors (Lipinski definition) is 0. The predicted octanol–water partition coefficient (Wildman–Crippen LogP) is 3.18. The van der Waals surface area contributed by atoms with Gasteiger partial charge in [0.15, 0.2) is 5.78 Å². The molecule has 1 atom stereocenters. The van der Waals surface area contributed by atoms with Crippen LogP contribution >= 0.6 is 15.9 Å². The molecule has 1 aromatic carbocycles. The summed E-state index contributed by atoms with van der Waals surface area (Å²) >= 11 is 3.31. The van der Waals surface area contributed by atoms with Crippen LogP contribution < -0.4 is 4.90 Å². The Morgan fingerprint density at radius 3 is 2.65 bits per heavy atom. The zero-order valence-electron chi connectivity index (χ0n) is 13.2. The molecule has 0 radical (unpaired) electrons. The highest BCUT2D eigenvalue weighted by atomic mass is 79.9. The summed E-state index contributed by atoms with van der Waals surface area (Å²) in [5.74, 6) is -1.88. The van der Waals surface area contributed by atoms with E-state index in [-0.39, 0.29) is 24.9 Å². The fourth-order valence-electron chi connectivity index (χ4n) is 2.46. The summed E-state index contributed by atoms with van der Waals surface area (Å²) in [6.45, 7) is 3.70. The fourth-order valence-corrected chi connectivity index (χ4v) is 2.82. The van der Waals surface area contributed by atoms with Crippen LogP contribution in [0.5, 0.6) is 0 Å². The molecule has 1 aliphatic rings. The minimum absolute atomic E-state index is 0.186. The Morgan fingerprint density at radius 2 is 2.04 bits per heavy atom. The number of methoxy groups -OCH3 is 1. The minimum Gasteiger partial charge on any atom is -0.468 e. The summed E-state index contributed by atoms with van der Waals surface area (Å²) in [6.07, 6.45) is -0.635. The van der Waals surface area contributed by atoms with Crippen LogP contribution in [0.25, 0.3) is 0 Å². The molecule has 0 N–H and O–H groups in total. The highest BCUT2D eigenvalue weighted by Gasteiger charge is 2.36. The molecule has 0 bridgehead atoms. The monoisotopic (exact) mass is 383 g/mol. The number of nitrogens with zero attached hydrogens (tertiary/aromatic N) is 1. The molecule has 0 saturated carbocycles. The topological polar surface area (TPSA) is 72.9 Å². The number of carbonyl (C=O) groups is 3. The molecule has 23 heavy (non-hydrogen) atoms. The van der Waals surface area contributed by atoms with Gasteiger partial charge in [-0.15, -0.1) is 0 Å². The molecule has 0 fully saturated rings. The molecule has 2 rings (SSSR count). The Morgan fingerprint density at radius 1 is 1.35 bits per heavy atom. The van der Waals surface area contributed by atoms with E-state index in [9.17, 15) is 14.4 Å². The van der Waals surface area contributed by atoms with E-state index in [1.165, 1.54) is 12.0 Å². The van der Waals surface area contributed by atoms with E-state index in [2.05, 4.69) is 15.9 Å². The third-order valence-corrected chi connectivity index (χ3v) is 4.01. The first-order valence-electron chi connectivity index (χ1n) is 7.25. The number of rotatable bonds is 2. The molecule has 1 amide bonds. The number of benzene rings is 1. The molecule has 6 nitrogen and oxygen atoms in total. The predicted molar refractivity (Wildman–Crippen MR) is 87.6 cm³/mol. The fraction of sp³-hybridized carbons (Fsp3) is 0.438. The SMILES string of the molecule is COC(=O)[C@@H]1CCN(C(=O)OC(C)C)c2ccc(Br)cc2C1=O. The van der Waals surface area contributed by atoms with Gasteiger partial charge in [0.1, 0.15) is 5.92 Å². The van der Waals surface area contributed by atoms with Gasteiger partial charge in [0.25, 0.3) is 0 Å². The van der Waals surface area contributed by atoms with Crippen LogP contribution in [0.2, 0.25) is 0 Å². The lowest BCUT2D eigenvalue weighted by Crippen LogP contribution is -2.34. The van der Waals surface area contributed by atoms with Crippen LogP contribution in [0.15, 0.2) is 22.7 Å². The number of hydrogen-bond acceptors (Lipinski definition) is 5. The molecule has 1 heterocycles. The van der Waals surface area contributed by atoms with Crippen LogP contribution in [0.4, 0.5) is 10.5 Å². The van der Waals surface area contributed by atoms with Crippen molar-refractivity contribution in [2.75, 3.05) is 18.6 Å². The maximum atomic E-state index is 12.7. The average molecular weight is 384 g/mol. The van der Waals surface area contributed by atoms with Crippen molar-refractivity contribution in [2.24, 2.45) is 5.92 Å². The molecule has 1 aromatic rings. The second-order valence-electron chi connectivity index (χ2n) is 5.47. The van der Waals surface area contributed by atoms with Gasteiger partial charge in [-0.05, 0) is 38.5 Å². The van der Waals surface area contributed by atoms with Crippen molar-refractivity contribution in [1.82, 2.24) is 0 Å². The van der Waals surface area contributed by atoms with Gasteiger partial charge >= 0.3 is 12.1 Å². The number of esters is 1. The number of anilines is 1. The van der Waals surface area contributed by atoms with E-state index in [1.807, 2.05) is 0 Å². The van der Waals surface area contributed by atoms with E-state index in [0.717, 1.165) is 0 Å². The van der Waals surface area contributed by atoms with E-state index in [1.54, 1.807) is 32.0 Å². The first-order valence-corrected chi connectivity index (χ1v) is 8.04. The standard InChI is InChI=1S/C16H18BrNO5/c1-9(2)23-16(21)18-7-6-11(15(20)22-3)14(19)12-8-10(17)4-5-13(12)18/h4-5,8-9,11H,6-7H2,1-3H3/t11-/m1/s1. The van der Waals surface area contributed by atoms with Crippen LogP contribution in [0.1, 0.15) is 30.6 Å².